The number of nitrogens with one attached hydrogen (secondary N) is 1. The van der Waals surface area contributed by atoms with Gasteiger partial charge in [-0.15, -0.1) is 0 Å². The van der Waals surface area contributed by atoms with Crippen molar-refractivity contribution in [3.63, 3.8) is 0 Å². The normalized spacial score (nSPS) is 44.4. The minimum absolute atomic E-state index is 0.106. The SMILES string of the molecule is CC1/C=C/C=C/C=C/C=C/C=C/C=C/C=C/C(OC2OC(C)C(O)C(N)C2O)CC2OC(O)(CC(O)CC(O)C(O)CCC(O)CC(O)CC(=O)OC(C)C(C)C1O)CC(O)C2C(=O)NCO. The van der Waals surface area contributed by atoms with Gasteiger partial charge in [0.15, 0.2) is 12.1 Å². The van der Waals surface area contributed by atoms with E-state index in [1.165, 1.54) is 6.92 Å². The second kappa shape index (κ2) is 28.9. The van der Waals surface area contributed by atoms with Gasteiger partial charge in [-0.2, -0.15) is 0 Å². The summed E-state index contributed by atoms with van der Waals surface area (Å²) in [5.41, 5.74) is 6.05. The Morgan fingerprint density at radius 2 is 1.28 bits per heavy atom. The average molecular weight is 953 g/mol. The molecule has 0 aromatic heterocycles. The fraction of sp³-hybridized carbons (Fsp3) is 0.667. The number of hydrogen-bond donors (Lipinski definition) is 13. The fourth-order valence-corrected chi connectivity index (χ4v) is 8.19. The summed E-state index contributed by atoms with van der Waals surface area (Å²) in [6, 6.07) is -1.15. The maximum absolute atomic E-state index is 13.2. The Labute approximate surface area is 392 Å². The fourth-order valence-electron chi connectivity index (χ4n) is 8.19. The predicted octanol–water partition coefficient (Wildman–Crippen LogP) is -0.307. The number of hydrogen-bond acceptors (Lipinski definition) is 18. The Balaban J connectivity index is 1.90. The van der Waals surface area contributed by atoms with Crippen LogP contribution in [0.5, 0.6) is 0 Å². The summed E-state index contributed by atoms with van der Waals surface area (Å²) in [4.78, 5) is 25.9. The molecule has 3 aliphatic rings. The number of fused-ring (bicyclic) bond motifs is 2. The van der Waals surface area contributed by atoms with Gasteiger partial charge in [-0.1, -0.05) is 98.9 Å². The van der Waals surface area contributed by atoms with Crippen LogP contribution >= 0.6 is 0 Å². The van der Waals surface area contributed by atoms with Crippen molar-refractivity contribution in [1.29, 1.82) is 0 Å². The lowest BCUT2D eigenvalue weighted by molar-refractivity contribution is -0.307. The number of aliphatic hydroxyl groups excluding tert-OH is 10. The third kappa shape index (κ3) is 19.4. The molecular weight excluding hydrogens is 877 g/mol. The zero-order chi connectivity index (χ0) is 49.8. The summed E-state index contributed by atoms with van der Waals surface area (Å²) in [6.45, 7) is 5.97. The van der Waals surface area contributed by atoms with Gasteiger partial charge in [0.1, 0.15) is 18.9 Å². The number of nitrogens with two attached hydrogens (primary N) is 1. The standard InChI is InChI=1S/C48H76N2O17/c1-28-17-15-13-11-9-7-5-6-8-10-12-14-16-18-35(66-47-45(61)42(49)44(60)31(4)65-47)24-39-41(46(62)50-27-51)38(57)26-48(63,67-39)25-34(54)22-37(56)36(55)20-19-32(52)21-33(53)23-40(58)64-30(3)29(2)43(28)59/h5-18,28-39,41-45,47,51-57,59-61,63H,19-27,49H2,1-4H3,(H,50,62)/b6-5+,9-7+,10-8+,13-11+,14-12+,17-15+,18-16+. The average Bonchev–Trinajstić information content (AvgIpc) is 3.25. The third-order valence-corrected chi connectivity index (χ3v) is 12.3. The maximum Gasteiger partial charge on any atom is 0.308 e. The van der Waals surface area contributed by atoms with Crippen molar-refractivity contribution in [1.82, 2.24) is 5.32 Å². The molecule has 2 saturated heterocycles. The largest absolute Gasteiger partial charge is 0.462 e. The van der Waals surface area contributed by atoms with E-state index in [2.05, 4.69) is 5.32 Å². The van der Waals surface area contributed by atoms with E-state index in [4.69, 9.17) is 24.7 Å². The Bertz CT molecular complexity index is 1710. The molecule has 380 valence electrons. The predicted molar refractivity (Wildman–Crippen MR) is 245 cm³/mol. The Morgan fingerprint density at radius 1 is 0.701 bits per heavy atom. The highest BCUT2D eigenvalue weighted by Gasteiger charge is 2.51. The van der Waals surface area contributed by atoms with Crippen molar-refractivity contribution in [2.24, 2.45) is 23.5 Å². The van der Waals surface area contributed by atoms with E-state index < -0.39 is 154 Å². The van der Waals surface area contributed by atoms with Crippen LogP contribution in [0.2, 0.25) is 0 Å². The zero-order valence-corrected chi connectivity index (χ0v) is 38.8. The van der Waals surface area contributed by atoms with Crippen LogP contribution in [0.25, 0.3) is 0 Å². The first kappa shape index (κ1) is 57.8. The third-order valence-electron chi connectivity index (χ3n) is 12.3. The lowest BCUT2D eigenvalue weighted by atomic mass is 9.82. The Kier molecular flexibility index (Phi) is 24.9. The van der Waals surface area contributed by atoms with Crippen molar-refractivity contribution in [2.45, 2.75) is 177 Å². The number of esters is 1. The van der Waals surface area contributed by atoms with Crippen molar-refractivity contribution in [2.75, 3.05) is 6.73 Å². The first-order valence-corrected chi connectivity index (χ1v) is 23.0. The zero-order valence-electron chi connectivity index (χ0n) is 38.8. The Morgan fingerprint density at radius 3 is 1.88 bits per heavy atom. The van der Waals surface area contributed by atoms with Gasteiger partial charge in [0.05, 0.1) is 85.5 Å². The van der Waals surface area contributed by atoms with Crippen LogP contribution in [0.1, 0.15) is 79.1 Å². The molecule has 3 aliphatic heterocycles. The number of carbonyl (C=O) groups excluding carboxylic acids is 2. The molecule has 0 aromatic carbocycles. The number of allylic oxidation sites excluding steroid dienone is 12. The number of cyclic esters (lactones) is 1. The summed E-state index contributed by atoms with van der Waals surface area (Å²) in [5.74, 6) is -6.00. The van der Waals surface area contributed by atoms with E-state index in [1.54, 1.807) is 80.7 Å². The van der Waals surface area contributed by atoms with E-state index in [9.17, 15) is 65.8 Å². The molecule has 0 saturated carbocycles. The molecule has 3 rings (SSSR count). The summed E-state index contributed by atoms with van der Waals surface area (Å²) in [6.07, 6.45) is 3.90. The minimum atomic E-state index is -2.31. The molecule has 0 spiro atoms. The second-order valence-corrected chi connectivity index (χ2v) is 17.9. The van der Waals surface area contributed by atoms with Crippen LogP contribution in [0.4, 0.5) is 0 Å². The highest BCUT2D eigenvalue weighted by molar-refractivity contribution is 5.80. The molecule has 19 atom stereocenters. The van der Waals surface area contributed by atoms with Gasteiger partial charge in [0.2, 0.25) is 5.91 Å². The molecule has 19 nitrogen and oxygen atoms in total. The van der Waals surface area contributed by atoms with Gasteiger partial charge in [0.25, 0.3) is 0 Å². The van der Waals surface area contributed by atoms with Gasteiger partial charge in [-0.3, -0.25) is 9.59 Å². The number of ether oxygens (including phenoxy) is 4. The van der Waals surface area contributed by atoms with Crippen molar-refractivity contribution in [3.05, 3.63) is 85.1 Å². The van der Waals surface area contributed by atoms with E-state index in [0.29, 0.717) is 0 Å². The smallest absolute Gasteiger partial charge is 0.308 e. The van der Waals surface area contributed by atoms with E-state index >= 15 is 0 Å². The molecule has 0 aromatic rings. The molecule has 19 heteroatoms. The van der Waals surface area contributed by atoms with E-state index in [0.717, 1.165) is 0 Å². The maximum atomic E-state index is 13.2. The van der Waals surface area contributed by atoms with E-state index in [1.807, 2.05) is 25.2 Å². The van der Waals surface area contributed by atoms with Crippen LogP contribution in [0.15, 0.2) is 85.1 Å². The minimum Gasteiger partial charge on any atom is -0.462 e. The molecule has 19 unspecified atom stereocenters. The summed E-state index contributed by atoms with van der Waals surface area (Å²) >= 11 is 0. The molecule has 0 aliphatic carbocycles. The quantitative estimate of drug-likeness (QED) is 0.127. The molecule has 3 heterocycles. The first-order chi connectivity index (χ1) is 31.7. The molecular formula is C48H76N2O17. The molecule has 1 amide bonds. The van der Waals surface area contributed by atoms with Crippen LogP contribution < -0.4 is 11.1 Å². The topological polar surface area (TPSA) is 332 Å². The molecule has 2 bridgehead atoms. The lowest BCUT2D eigenvalue weighted by Gasteiger charge is -2.46. The molecule has 2 fully saturated rings. The molecule has 67 heavy (non-hydrogen) atoms. The summed E-state index contributed by atoms with van der Waals surface area (Å²) in [5, 5.41) is 121. The van der Waals surface area contributed by atoms with Gasteiger partial charge < -0.3 is 86.2 Å². The van der Waals surface area contributed by atoms with Crippen LogP contribution in [-0.2, 0) is 28.5 Å². The van der Waals surface area contributed by atoms with Crippen LogP contribution in [-0.4, -0.2) is 172 Å². The van der Waals surface area contributed by atoms with Crippen molar-refractivity contribution < 1.29 is 84.7 Å². The number of aliphatic hydroxyl groups is 11. The number of rotatable bonds is 4. The van der Waals surface area contributed by atoms with Crippen LogP contribution in [0.3, 0.4) is 0 Å². The lowest BCUT2D eigenvalue weighted by Crippen LogP contribution is -2.62. The first-order valence-electron chi connectivity index (χ1n) is 23.0. The van der Waals surface area contributed by atoms with Gasteiger partial charge in [-0.25, -0.2) is 0 Å². The van der Waals surface area contributed by atoms with Crippen molar-refractivity contribution >= 4 is 11.9 Å². The summed E-state index contributed by atoms with van der Waals surface area (Å²) in [7, 11) is 0. The van der Waals surface area contributed by atoms with E-state index in [-0.39, 0.29) is 31.6 Å². The van der Waals surface area contributed by atoms with Gasteiger partial charge in [-0.05, 0) is 33.1 Å². The highest BCUT2D eigenvalue weighted by atomic mass is 16.7. The van der Waals surface area contributed by atoms with Crippen LogP contribution in [0, 0.1) is 17.8 Å². The molecule has 14 N–H and O–H groups in total. The molecule has 0 radical (unpaired) electrons. The highest BCUT2D eigenvalue weighted by Crippen LogP contribution is 2.38. The van der Waals surface area contributed by atoms with Gasteiger partial charge in [0, 0.05) is 37.5 Å². The monoisotopic (exact) mass is 953 g/mol. The number of amides is 1. The Hall–Kier alpha value is -3.48. The van der Waals surface area contributed by atoms with Crippen molar-refractivity contribution in [3.8, 4) is 0 Å². The second-order valence-electron chi connectivity index (χ2n) is 17.9. The van der Waals surface area contributed by atoms with Gasteiger partial charge >= 0.3 is 5.97 Å². The number of carbonyl (C=O) groups is 2. The summed E-state index contributed by atoms with van der Waals surface area (Å²) < 4.78 is 23.4.